The third-order valence-corrected chi connectivity index (χ3v) is 5.75. The van der Waals surface area contributed by atoms with Crippen LogP contribution in [0, 0.1) is 0 Å². The van der Waals surface area contributed by atoms with Crippen LogP contribution in [0.3, 0.4) is 0 Å². The van der Waals surface area contributed by atoms with Crippen molar-refractivity contribution in [3.8, 4) is 5.88 Å². The lowest BCUT2D eigenvalue weighted by molar-refractivity contribution is 0.109. The number of nitrogens with zero attached hydrogens (tertiary/aromatic N) is 4. The summed E-state index contributed by atoms with van der Waals surface area (Å²) in [5, 5.41) is 8.35. The molecule has 0 radical (unpaired) electrons. The van der Waals surface area contributed by atoms with Crippen molar-refractivity contribution in [3.05, 3.63) is 53.9 Å². The minimum absolute atomic E-state index is 0.232. The number of anilines is 1. The number of piperidine rings is 1. The standard InChI is InChI=1S/C22H27N5O/c1-26-11-9-18(10-12-26)28-21-13-19(23-14-16-5-3-2-4-6-16)22-24-15-20(17-7-8-17)27(22)25-21/h2-6,13,15,17-18,23H,7-12,14H2,1H3. The molecule has 2 aromatic heterocycles. The van der Waals surface area contributed by atoms with Gasteiger partial charge in [0.15, 0.2) is 5.65 Å². The van der Waals surface area contributed by atoms with E-state index in [1.807, 2.05) is 22.8 Å². The summed E-state index contributed by atoms with van der Waals surface area (Å²) in [5.41, 5.74) is 4.30. The van der Waals surface area contributed by atoms with Gasteiger partial charge < -0.3 is 15.0 Å². The zero-order chi connectivity index (χ0) is 18.9. The second-order valence-corrected chi connectivity index (χ2v) is 8.05. The molecule has 146 valence electrons. The minimum Gasteiger partial charge on any atom is -0.473 e. The van der Waals surface area contributed by atoms with E-state index in [1.165, 1.54) is 24.1 Å². The first-order valence-electron chi connectivity index (χ1n) is 10.3. The van der Waals surface area contributed by atoms with Crippen LogP contribution in [-0.4, -0.2) is 45.7 Å². The maximum Gasteiger partial charge on any atom is 0.234 e. The van der Waals surface area contributed by atoms with Crippen molar-refractivity contribution in [1.82, 2.24) is 19.5 Å². The van der Waals surface area contributed by atoms with E-state index >= 15 is 0 Å². The maximum absolute atomic E-state index is 6.30. The fraction of sp³-hybridized carbons (Fsp3) is 0.455. The summed E-state index contributed by atoms with van der Waals surface area (Å²) in [6, 6.07) is 12.4. The van der Waals surface area contributed by atoms with E-state index in [-0.39, 0.29) is 6.10 Å². The molecule has 1 saturated heterocycles. The second kappa shape index (κ2) is 7.43. The Morgan fingerprint density at radius 3 is 2.64 bits per heavy atom. The number of nitrogens with one attached hydrogen (secondary N) is 1. The number of likely N-dealkylation sites (tertiary alicyclic amines) is 1. The van der Waals surface area contributed by atoms with Gasteiger partial charge >= 0.3 is 0 Å². The molecule has 1 aromatic carbocycles. The fourth-order valence-electron chi connectivity index (χ4n) is 3.87. The van der Waals surface area contributed by atoms with Crippen molar-refractivity contribution in [2.45, 2.75) is 44.2 Å². The van der Waals surface area contributed by atoms with E-state index in [1.54, 1.807) is 0 Å². The van der Waals surface area contributed by atoms with Gasteiger partial charge in [-0.25, -0.2) is 9.50 Å². The Labute approximate surface area is 165 Å². The zero-order valence-electron chi connectivity index (χ0n) is 16.3. The molecule has 1 saturated carbocycles. The van der Waals surface area contributed by atoms with E-state index in [0.717, 1.165) is 43.8 Å². The van der Waals surface area contributed by atoms with Crippen molar-refractivity contribution in [3.63, 3.8) is 0 Å². The van der Waals surface area contributed by atoms with Crippen LogP contribution in [0.25, 0.3) is 5.65 Å². The van der Waals surface area contributed by atoms with Crippen LogP contribution in [0.2, 0.25) is 0 Å². The number of imidazole rings is 1. The Hall–Kier alpha value is -2.60. The molecule has 2 aliphatic rings. The Morgan fingerprint density at radius 2 is 1.89 bits per heavy atom. The van der Waals surface area contributed by atoms with E-state index in [9.17, 15) is 0 Å². The van der Waals surface area contributed by atoms with Gasteiger partial charge in [0.05, 0.1) is 17.6 Å². The first-order valence-corrected chi connectivity index (χ1v) is 10.3. The Bertz CT molecular complexity index is 942. The quantitative estimate of drug-likeness (QED) is 0.710. The number of benzene rings is 1. The van der Waals surface area contributed by atoms with Gasteiger partial charge in [0.2, 0.25) is 5.88 Å². The van der Waals surface area contributed by atoms with Gasteiger partial charge in [-0.2, -0.15) is 0 Å². The number of aromatic nitrogens is 3. The normalized spacial score (nSPS) is 18.5. The highest BCUT2D eigenvalue weighted by Crippen LogP contribution is 2.40. The molecule has 0 atom stereocenters. The second-order valence-electron chi connectivity index (χ2n) is 8.05. The fourth-order valence-corrected chi connectivity index (χ4v) is 3.87. The SMILES string of the molecule is CN1CCC(Oc2cc(NCc3ccccc3)c3ncc(C4CC4)n3n2)CC1. The highest BCUT2D eigenvalue weighted by Gasteiger charge is 2.28. The summed E-state index contributed by atoms with van der Waals surface area (Å²) in [6.45, 7) is 2.90. The first-order chi connectivity index (χ1) is 13.8. The average Bonchev–Trinajstić information content (AvgIpc) is 3.48. The largest absolute Gasteiger partial charge is 0.473 e. The zero-order valence-corrected chi connectivity index (χ0v) is 16.3. The topological polar surface area (TPSA) is 54.7 Å². The third-order valence-electron chi connectivity index (χ3n) is 5.75. The summed E-state index contributed by atoms with van der Waals surface area (Å²) in [4.78, 5) is 7.02. The molecule has 0 amide bonds. The van der Waals surface area contributed by atoms with Gasteiger partial charge in [-0.05, 0) is 38.3 Å². The van der Waals surface area contributed by atoms with Crippen LogP contribution >= 0.6 is 0 Å². The van der Waals surface area contributed by atoms with Crippen molar-refractivity contribution in [1.29, 1.82) is 0 Å². The number of fused-ring (bicyclic) bond motifs is 1. The summed E-state index contributed by atoms with van der Waals surface area (Å²) < 4.78 is 8.30. The number of rotatable bonds is 6. The van der Waals surface area contributed by atoms with Crippen LogP contribution in [0.15, 0.2) is 42.6 Å². The van der Waals surface area contributed by atoms with Gasteiger partial charge in [0.25, 0.3) is 0 Å². The molecular formula is C22H27N5O. The Morgan fingerprint density at radius 1 is 1.11 bits per heavy atom. The highest BCUT2D eigenvalue weighted by molar-refractivity contribution is 5.68. The van der Waals surface area contributed by atoms with Crippen LogP contribution in [0.5, 0.6) is 5.88 Å². The van der Waals surface area contributed by atoms with Gasteiger partial charge in [-0.3, -0.25) is 0 Å². The molecule has 3 aromatic rings. The molecule has 0 unspecified atom stereocenters. The average molecular weight is 377 g/mol. The minimum atomic E-state index is 0.232. The summed E-state index contributed by atoms with van der Waals surface area (Å²) >= 11 is 0. The molecule has 1 N–H and O–H groups in total. The van der Waals surface area contributed by atoms with Gasteiger partial charge in [0.1, 0.15) is 6.10 Å². The predicted octanol–water partition coefficient (Wildman–Crippen LogP) is 3.69. The van der Waals surface area contributed by atoms with E-state index < -0.39 is 0 Å². The molecule has 3 heterocycles. The molecular weight excluding hydrogens is 350 g/mol. The van der Waals surface area contributed by atoms with E-state index in [2.05, 4.69) is 46.5 Å². The van der Waals surface area contributed by atoms with E-state index in [0.29, 0.717) is 11.8 Å². The van der Waals surface area contributed by atoms with Crippen molar-refractivity contribution < 1.29 is 4.74 Å². The smallest absolute Gasteiger partial charge is 0.234 e. The number of ether oxygens (including phenoxy) is 1. The number of hydrogen-bond donors (Lipinski definition) is 1. The van der Waals surface area contributed by atoms with Crippen molar-refractivity contribution >= 4 is 11.3 Å². The summed E-state index contributed by atoms with van der Waals surface area (Å²) in [6.07, 6.45) is 6.75. The molecule has 1 aliphatic carbocycles. The molecule has 6 nitrogen and oxygen atoms in total. The third kappa shape index (κ3) is 3.69. The molecule has 28 heavy (non-hydrogen) atoms. The van der Waals surface area contributed by atoms with Crippen molar-refractivity contribution in [2.75, 3.05) is 25.5 Å². The van der Waals surface area contributed by atoms with Crippen LogP contribution in [0.1, 0.15) is 42.9 Å². The van der Waals surface area contributed by atoms with E-state index in [4.69, 9.17) is 9.84 Å². The molecule has 0 bridgehead atoms. The van der Waals surface area contributed by atoms with Gasteiger partial charge in [0, 0.05) is 31.6 Å². The number of hydrogen-bond acceptors (Lipinski definition) is 5. The summed E-state index contributed by atoms with van der Waals surface area (Å²) in [7, 11) is 2.17. The monoisotopic (exact) mass is 377 g/mol. The molecule has 0 spiro atoms. The van der Waals surface area contributed by atoms with Gasteiger partial charge in [-0.15, -0.1) is 5.10 Å². The maximum atomic E-state index is 6.30. The van der Waals surface area contributed by atoms with Crippen LogP contribution in [0.4, 0.5) is 5.69 Å². The lowest BCUT2D eigenvalue weighted by atomic mass is 10.1. The highest BCUT2D eigenvalue weighted by atomic mass is 16.5. The summed E-state index contributed by atoms with van der Waals surface area (Å²) in [5.74, 6) is 1.28. The molecule has 2 fully saturated rings. The Kier molecular flexibility index (Phi) is 4.64. The molecule has 1 aliphatic heterocycles. The lowest BCUT2D eigenvalue weighted by Crippen LogP contribution is -2.35. The van der Waals surface area contributed by atoms with Gasteiger partial charge in [-0.1, -0.05) is 30.3 Å². The van der Waals surface area contributed by atoms with Crippen LogP contribution in [-0.2, 0) is 6.54 Å². The van der Waals surface area contributed by atoms with Crippen LogP contribution < -0.4 is 10.1 Å². The molecule has 6 heteroatoms. The molecule has 5 rings (SSSR count). The first kappa shape index (κ1) is 17.5. The lowest BCUT2D eigenvalue weighted by Gasteiger charge is -2.29. The predicted molar refractivity (Wildman–Crippen MR) is 110 cm³/mol. The Balaban J connectivity index is 1.43. The van der Waals surface area contributed by atoms with Crippen molar-refractivity contribution in [2.24, 2.45) is 0 Å².